The molecule has 118 valence electrons. The molecule has 0 aromatic heterocycles. The van der Waals surface area contributed by atoms with Gasteiger partial charge in [0, 0.05) is 39.1 Å². The molecule has 2 aliphatic heterocycles. The quantitative estimate of drug-likeness (QED) is 0.791. The van der Waals surface area contributed by atoms with E-state index in [4.69, 9.17) is 5.11 Å². The Morgan fingerprint density at radius 3 is 2.38 bits per heavy atom. The number of hydrogen-bond donors (Lipinski definition) is 2. The first-order chi connectivity index (χ1) is 10.1. The van der Waals surface area contributed by atoms with Gasteiger partial charge in [0.25, 0.3) is 0 Å². The third-order valence-corrected chi connectivity index (χ3v) is 4.13. The van der Waals surface area contributed by atoms with Gasteiger partial charge in [0.2, 0.25) is 5.91 Å². The highest BCUT2D eigenvalue weighted by Crippen LogP contribution is 2.16. The van der Waals surface area contributed by atoms with Gasteiger partial charge in [-0.1, -0.05) is 0 Å². The van der Waals surface area contributed by atoms with Gasteiger partial charge in [0.15, 0.2) is 0 Å². The van der Waals surface area contributed by atoms with Crippen molar-refractivity contribution in [3.63, 3.8) is 0 Å². The standard InChI is InChI=1S/C14H23N3O4/c18-12(16-7-1-2-8-16)5-6-15-14(21)17-9-3-4-11(10-17)13(19)20/h11H,1-10H2,(H,15,21)(H,19,20). The summed E-state index contributed by atoms with van der Waals surface area (Å²) in [5.41, 5.74) is 0. The highest BCUT2D eigenvalue weighted by molar-refractivity contribution is 5.79. The van der Waals surface area contributed by atoms with Crippen LogP contribution in [0.5, 0.6) is 0 Å². The van der Waals surface area contributed by atoms with E-state index in [9.17, 15) is 14.4 Å². The van der Waals surface area contributed by atoms with E-state index in [0.717, 1.165) is 25.9 Å². The maximum Gasteiger partial charge on any atom is 0.317 e. The summed E-state index contributed by atoms with van der Waals surface area (Å²) < 4.78 is 0. The van der Waals surface area contributed by atoms with Gasteiger partial charge < -0.3 is 20.2 Å². The number of rotatable bonds is 4. The Hall–Kier alpha value is -1.79. The minimum Gasteiger partial charge on any atom is -0.481 e. The number of carbonyl (C=O) groups is 3. The molecule has 2 N–H and O–H groups in total. The molecule has 1 unspecified atom stereocenters. The summed E-state index contributed by atoms with van der Waals surface area (Å²) in [4.78, 5) is 38.1. The van der Waals surface area contributed by atoms with Crippen molar-refractivity contribution in [1.29, 1.82) is 0 Å². The van der Waals surface area contributed by atoms with Crippen LogP contribution in [0.1, 0.15) is 32.1 Å². The number of hydrogen-bond acceptors (Lipinski definition) is 3. The molecule has 0 aromatic rings. The summed E-state index contributed by atoms with van der Waals surface area (Å²) in [5.74, 6) is -1.25. The summed E-state index contributed by atoms with van der Waals surface area (Å²) in [6.45, 7) is 2.78. The maximum atomic E-state index is 12.0. The molecule has 2 saturated heterocycles. The Kier molecular flexibility index (Phi) is 5.41. The molecule has 2 fully saturated rings. The van der Waals surface area contributed by atoms with E-state index >= 15 is 0 Å². The van der Waals surface area contributed by atoms with Crippen molar-refractivity contribution in [1.82, 2.24) is 15.1 Å². The van der Waals surface area contributed by atoms with E-state index in [1.54, 1.807) is 0 Å². The molecule has 0 bridgehead atoms. The van der Waals surface area contributed by atoms with Gasteiger partial charge in [0.1, 0.15) is 0 Å². The first-order valence-electron chi connectivity index (χ1n) is 7.61. The molecule has 0 aliphatic carbocycles. The minimum atomic E-state index is -0.850. The highest BCUT2D eigenvalue weighted by atomic mass is 16.4. The van der Waals surface area contributed by atoms with Crippen molar-refractivity contribution >= 4 is 17.9 Å². The van der Waals surface area contributed by atoms with Gasteiger partial charge in [-0.25, -0.2) is 4.79 Å². The molecule has 7 nitrogen and oxygen atoms in total. The normalized spacial score (nSPS) is 22.2. The average Bonchev–Trinajstić information content (AvgIpc) is 3.01. The number of piperidine rings is 1. The highest BCUT2D eigenvalue weighted by Gasteiger charge is 2.28. The Bertz CT molecular complexity index is 407. The number of carboxylic acid groups (broad SMARTS) is 1. The van der Waals surface area contributed by atoms with Crippen molar-refractivity contribution in [3.05, 3.63) is 0 Å². The van der Waals surface area contributed by atoms with Crippen LogP contribution >= 0.6 is 0 Å². The lowest BCUT2D eigenvalue weighted by atomic mass is 9.99. The van der Waals surface area contributed by atoms with Gasteiger partial charge >= 0.3 is 12.0 Å². The minimum absolute atomic E-state index is 0.0786. The summed E-state index contributed by atoms with van der Waals surface area (Å²) >= 11 is 0. The molecule has 2 aliphatic rings. The van der Waals surface area contributed by atoms with Crippen LogP contribution in [-0.2, 0) is 9.59 Å². The van der Waals surface area contributed by atoms with Crippen LogP contribution in [0.15, 0.2) is 0 Å². The summed E-state index contributed by atoms with van der Waals surface area (Å²) in [7, 11) is 0. The Morgan fingerprint density at radius 2 is 1.71 bits per heavy atom. The molecular weight excluding hydrogens is 274 g/mol. The van der Waals surface area contributed by atoms with Crippen LogP contribution in [0.2, 0.25) is 0 Å². The summed E-state index contributed by atoms with van der Waals surface area (Å²) in [6.07, 6.45) is 3.75. The number of urea groups is 1. The molecule has 0 aromatic carbocycles. The number of carboxylic acids is 1. The lowest BCUT2D eigenvalue weighted by Gasteiger charge is -2.30. The molecule has 7 heteroatoms. The van der Waals surface area contributed by atoms with Crippen LogP contribution in [0.25, 0.3) is 0 Å². The topological polar surface area (TPSA) is 90.0 Å². The van der Waals surface area contributed by atoms with Crippen LogP contribution in [0, 0.1) is 5.92 Å². The van der Waals surface area contributed by atoms with Gasteiger partial charge in [-0.3, -0.25) is 9.59 Å². The van der Waals surface area contributed by atoms with Crippen LogP contribution in [0.3, 0.4) is 0 Å². The molecule has 1 atom stereocenters. The van der Waals surface area contributed by atoms with Crippen LogP contribution < -0.4 is 5.32 Å². The molecule has 0 saturated carbocycles. The number of likely N-dealkylation sites (tertiary alicyclic amines) is 2. The smallest absolute Gasteiger partial charge is 0.317 e. The SMILES string of the molecule is O=C(O)C1CCCN(C(=O)NCCC(=O)N2CCCC2)C1. The number of carbonyl (C=O) groups excluding carboxylic acids is 2. The number of nitrogens with one attached hydrogen (secondary N) is 1. The van der Waals surface area contributed by atoms with Crippen LogP contribution in [0.4, 0.5) is 4.79 Å². The summed E-state index contributed by atoms with van der Waals surface area (Å²) in [6, 6.07) is -0.268. The first-order valence-corrected chi connectivity index (χ1v) is 7.61. The lowest BCUT2D eigenvalue weighted by Crippen LogP contribution is -2.47. The van der Waals surface area contributed by atoms with Gasteiger partial charge in [-0.15, -0.1) is 0 Å². The second-order valence-corrected chi connectivity index (χ2v) is 5.69. The molecule has 2 rings (SSSR count). The molecule has 21 heavy (non-hydrogen) atoms. The van der Waals surface area contributed by atoms with E-state index in [-0.39, 0.29) is 18.5 Å². The second kappa shape index (κ2) is 7.28. The lowest BCUT2D eigenvalue weighted by molar-refractivity contribution is -0.143. The first kappa shape index (κ1) is 15.6. The molecular formula is C14H23N3O4. The third-order valence-electron chi connectivity index (χ3n) is 4.13. The molecule has 3 amide bonds. The summed E-state index contributed by atoms with van der Waals surface area (Å²) in [5, 5.41) is 11.7. The monoisotopic (exact) mass is 297 g/mol. The molecule has 2 heterocycles. The van der Waals surface area contributed by atoms with Gasteiger partial charge in [-0.2, -0.15) is 0 Å². The predicted octanol–water partition coefficient (Wildman–Crippen LogP) is 0.505. The third kappa shape index (κ3) is 4.34. The van der Waals surface area contributed by atoms with E-state index in [2.05, 4.69) is 5.32 Å². The van der Waals surface area contributed by atoms with Gasteiger partial charge in [-0.05, 0) is 25.7 Å². The zero-order valence-corrected chi connectivity index (χ0v) is 12.2. The van der Waals surface area contributed by atoms with Crippen molar-refractivity contribution in [2.75, 3.05) is 32.7 Å². The fourth-order valence-corrected chi connectivity index (χ4v) is 2.88. The van der Waals surface area contributed by atoms with Crippen molar-refractivity contribution < 1.29 is 19.5 Å². The Labute approximate surface area is 124 Å². The fraction of sp³-hybridized carbons (Fsp3) is 0.786. The van der Waals surface area contributed by atoms with E-state index in [1.807, 2.05) is 4.90 Å². The van der Waals surface area contributed by atoms with Crippen molar-refractivity contribution in [2.24, 2.45) is 5.92 Å². The van der Waals surface area contributed by atoms with Crippen LogP contribution in [-0.4, -0.2) is 65.5 Å². The largest absolute Gasteiger partial charge is 0.481 e. The Morgan fingerprint density at radius 1 is 1.05 bits per heavy atom. The number of amides is 3. The van der Waals surface area contributed by atoms with Crippen molar-refractivity contribution in [2.45, 2.75) is 32.1 Å². The zero-order valence-electron chi connectivity index (χ0n) is 12.2. The maximum absolute atomic E-state index is 12.0. The molecule has 0 spiro atoms. The van der Waals surface area contributed by atoms with E-state index < -0.39 is 11.9 Å². The number of nitrogens with zero attached hydrogens (tertiary/aromatic N) is 2. The average molecular weight is 297 g/mol. The molecule has 0 radical (unpaired) electrons. The number of aliphatic carboxylic acids is 1. The second-order valence-electron chi connectivity index (χ2n) is 5.69. The van der Waals surface area contributed by atoms with E-state index in [1.165, 1.54) is 4.90 Å². The Balaban J connectivity index is 1.69. The van der Waals surface area contributed by atoms with Gasteiger partial charge in [0.05, 0.1) is 5.92 Å². The zero-order chi connectivity index (χ0) is 15.2. The van der Waals surface area contributed by atoms with E-state index in [0.29, 0.717) is 32.4 Å². The predicted molar refractivity (Wildman–Crippen MR) is 75.8 cm³/mol. The van der Waals surface area contributed by atoms with Crippen molar-refractivity contribution in [3.8, 4) is 0 Å². The fourth-order valence-electron chi connectivity index (χ4n) is 2.88.